The number of aryl methyl sites for hydroxylation is 1. The van der Waals surface area contributed by atoms with Crippen molar-refractivity contribution < 1.29 is 36.6 Å². The van der Waals surface area contributed by atoms with Crippen molar-refractivity contribution in [3.63, 3.8) is 0 Å². The molecule has 0 spiro atoms. The van der Waals surface area contributed by atoms with Crippen LogP contribution in [0.1, 0.15) is 22.6 Å². The van der Waals surface area contributed by atoms with E-state index >= 15 is 0 Å². The lowest BCUT2D eigenvalue weighted by Crippen LogP contribution is -2.49. The summed E-state index contributed by atoms with van der Waals surface area (Å²) in [6, 6.07) is 11.7. The largest absolute Gasteiger partial charge is 0.487 e. The Morgan fingerprint density at radius 3 is 2.51 bits per heavy atom. The molecule has 10 heteroatoms. The van der Waals surface area contributed by atoms with Crippen LogP contribution >= 0.6 is 0 Å². The van der Waals surface area contributed by atoms with Crippen LogP contribution < -0.4 is 4.74 Å². The zero-order valence-electron chi connectivity index (χ0n) is 19.3. The molecule has 1 aliphatic rings. The van der Waals surface area contributed by atoms with Gasteiger partial charge in [0.2, 0.25) is 5.89 Å². The second-order valence-electron chi connectivity index (χ2n) is 8.11. The van der Waals surface area contributed by atoms with E-state index < -0.39 is 17.8 Å². The van der Waals surface area contributed by atoms with Gasteiger partial charge in [-0.2, -0.15) is 13.2 Å². The van der Waals surface area contributed by atoms with E-state index in [1.807, 2.05) is 29.2 Å². The third kappa shape index (κ3) is 6.01. The molecule has 1 fully saturated rings. The highest BCUT2D eigenvalue weighted by molar-refractivity contribution is 5.75. The van der Waals surface area contributed by atoms with Gasteiger partial charge in [0, 0.05) is 18.7 Å². The van der Waals surface area contributed by atoms with Gasteiger partial charge in [-0.05, 0) is 48.9 Å². The van der Waals surface area contributed by atoms with Gasteiger partial charge >= 0.3 is 12.1 Å². The number of methoxy groups -OCH3 is 1. The summed E-state index contributed by atoms with van der Waals surface area (Å²) in [4.78, 5) is 18.4. The molecule has 35 heavy (non-hydrogen) atoms. The highest BCUT2D eigenvalue weighted by atomic mass is 19.4. The Hall–Kier alpha value is -3.37. The monoisotopic (exact) mass is 490 g/mol. The fourth-order valence-corrected chi connectivity index (χ4v) is 3.74. The molecule has 0 amide bonds. The average Bonchev–Trinajstić information content (AvgIpc) is 3.23. The molecule has 0 unspecified atom stereocenters. The first-order valence-electron chi connectivity index (χ1n) is 11.0. The summed E-state index contributed by atoms with van der Waals surface area (Å²) < 4.78 is 60.1. The Kier molecular flexibility index (Phi) is 7.42. The van der Waals surface area contributed by atoms with Gasteiger partial charge < -0.3 is 18.6 Å². The van der Waals surface area contributed by atoms with Gasteiger partial charge in [-0.15, -0.1) is 0 Å². The second-order valence-corrected chi connectivity index (χ2v) is 8.11. The number of halogens is 3. The van der Waals surface area contributed by atoms with Gasteiger partial charge in [0.1, 0.15) is 29.9 Å². The van der Waals surface area contributed by atoms with E-state index in [0.717, 1.165) is 17.7 Å². The van der Waals surface area contributed by atoms with E-state index in [2.05, 4.69) is 4.98 Å². The molecule has 0 bridgehead atoms. The van der Waals surface area contributed by atoms with Crippen LogP contribution in [0.15, 0.2) is 52.9 Å². The van der Waals surface area contributed by atoms with Gasteiger partial charge in [-0.25, -0.2) is 4.98 Å². The van der Waals surface area contributed by atoms with Crippen molar-refractivity contribution in [3.8, 4) is 17.2 Å². The standard InChI is InChI=1S/C25H25F3N2O5/c1-16-21(29-23(35-16)18-5-7-19(8-6-18)25(26,27)28)14-34-20-9-3-17(4-10-20)13-30-11-12-33-15-22(30)24(31)32-2/h3-10,22H,11-15H2,1-2H3/t22-/m0/s1. The van der Waals surface area contributed by atoms with Crippen molar-refractivity contribution in [2.45, 2.75) is 32.3 Å². The molecule has 0 aliphatic carbocycles. The molecule has 186 valence electrons. The fraction of sp³-hybridized carbons (Fsp3) is 0.360. The lowest BCUT2D eigenvalue weighted by atomic mass is 10.1. The summed E-state index contributed by atoms with van der Waals surface area (Å²) in [7, 11) is 1.37. The highest BCUT2D eigenvalue weighted by Gasteiger charge is 2.31. The van der Waals surface area contributed by atoms with Crippen molar-refractivity contribution in [2.24, 2.45) is 0 Å². The van der Waals surface area contributed by atoms with E-state index in [1.54, 1.807) is 6.92 Å². The van der Waals surface area contributed by atoms with Gasteiger partial charge in [0.15, 0.2) is 0 Å². The molecular weight excluding hydrogens is 465 g/mol. The molecule has 3 aromatic rings. The van der Waals surface area contributed by atoms with E-state index in [4.69, 9.17) is 18.6 Å². The molecule has 1 aromatic heterocycles. The predicted molar refractivity (Wildman–Crippen MR) is 119 cm³/mol. The molecule has 7 nitrogen and oxygen atoms in total. The maximum Gasteiger partial charge on any atom is 0.416 e. The lowest BCUT2D eigenvalue weighted by Gasteiger charge is -2.33. The van der Waals surface area contributed by atoms with Gasteiger partial charge in [-0.3, -0.25) is 9.69 Å². The van der Waals surface area contributed by atoms with Crippen LogP contribution in [0.3, 0.4) is 0 Å². The van der Waals surface area contributed by atoms with Crippen LogP contribution in [0.4, 0.5) is 13.2 Å². The zero-order valence-corrected chi connectivity index (χ0v) is 19.3. The minimum atomic E-state index is -4.40. The summed E-state index contributed by atoms with van der Waals surface area (Å²) in [6.07, 6.45) is -4.40. The Bertz CT molecular complexity index is 1140. The third-order valence-corrected chi connectivity index (χ3v) is 5.75. The molecule has 4 rings (SSSR count). The number of nitrogens with zero attached hydrogens (tertiary/aromatic N) is 2. The number of aromatic nitrogens is 1. The number of benzene rings is 2. The van der Waals surface area contributed by atoms with Crippen LogP contribution in [-0.4, -0.2) is 48.8 Å². The minimum absolute atomic E-state index is 0.142. The Labute approximate surface area is 200 Å². The summed E-state index contributed by atoms with van der Waals surface area (Å²) in [6.45, 7) is 3.93. The first kappa shape index (κ1) is 24.7. The summed E-state index contributed by atoms with van der Waals surface area (Å²) in [5, 5.41) is 0. The number of ether oxygens (including phenoxy) is 3. The van der Waals surface area contributed by atoms with E-state index in [1.165, 1.54) is 19.2 Å². The lowest BCUT2D eigenvalue weighted by molar-refractivity contribution is -0.153. The van der Waals surface area contributed by atoms with Crippen molar-refractivity contribution in [1.82, 2.24) is 9.88 Å². The van der Waals surface area contributed by atoms with E-state index in [9.17, 15) is 18.0 Å². The first-order valence-corrected chi connectivity index (χ1v) is 11.0. The van der Waals surface area contributed by atoms with Gasteiger partial charge in [-0.1, -0.05) is 12.1 Å². The van der Waals surface area contributed by atoms with Gasteiger partial charge in [0.05, 0.1) is 25.9 Å². The molecule has 2 heterocycles. The summed E-state index contributed by atoms with van der Waals surface area (Å²) in [5.74, 6) is 1.07. The number of oxazole rings is 1. The topological polar surface area (TPSA) is 74.0 Å². The number of esters is 1. The molecule has 2 aromatic carbocycles. The van der Waals surface area contributed by atoms with Crippen LogP contribution in [0.2, 0.25) is 0 Å². The number of hydrogen-bond acceptors (Lipinski definition) is 7. The SMILES string of the molecule is COC(=O)[C@@H]1COCCN1Cc1ccc(OCc2nc(-c3ccc(C(F)(F)F)cc3)oc2C)cc1. The highest BCUT2D eigenvalue weighted by Crippen LogP contribution is 2.31. The molecule has 1 saturated heterocycles. The van der Waals surface area contributed by atoms with Crippen molar-refractivity contribution >= 4 is 5.97 Å². The van der Waals surface area contributed by atoms with Crippen molar-refractivity contribution in [1.29, 1.82) is 0 Å². The Morgan fingerprint density at radius 2 is 1.86 bits per heavy atom. The van der Waals surface area contributed by atoms with Crippen molar-refractivity contribution in [3.05, 3.63) is 71.1 Å². The molecule has 1 aliphatic heterocycles. The smallest absolute Gasteiger partial charge is 0.416 e. The van der Waals surface area contributed by atoms with Crippen LogP contribution in [-0.2, 0) is 33.6 Å². The van der Waals surface area contributed by atoms with Crippen LogP contribution in [0.25, 0.3) is 11.5 Å². The summed E-state index contributed by atoms with van der Waals surface area (Å²) >= 11 is 0. The van der Waals surface area contributed by atoms with Crippen molar-refractivity contribution in [2.75, 3.05) is 26.9 Å². The number of hydrogen-bond donors (Lipinski definition) is 0. The number of morpholine rings is 1. The molecule has 0 N–H and O–H groups in total. The molecule has 0 saturated carbocycles. The third-order valence-electron chi connectivity index (χ3n) is 5.75. The quantitative estimate of drug-likeness (QED) is 0.448. The second kappa shape index (κ2) is 10.5. The number of carbonyl (C=O) groups is 1. The Balaban J connectivity index is 1.36. The van der Waals surface area contributed by atoms with Gasteiger partial charge in [0.25, 0.3) is 0 Å². The number of carbonyl (C=O) groups excluding carboxylic acids is 1. The zero-order chi connectivity index (χ0) is 25.0. The maximum atomic E-state index is 12.8. The van der Waals surface area contributed by atoms with E-state index in [0.29, 0.717) is 49.1 Å². The molecule has 0 radical (unpaired) electrons. The normalized spacial score (nSPS) is 16.8. The summed E-state index contributed by atoms with van der Waals surface area (Å²) in [5.41, 5.74) is 1.28. The van der Waals surface area contributed by atoms with Crippen LogP contribution in [0, 0.1) is 6.92 Å². The molecular formula is C25H25F3N2O5. The number of rotatable bonds is 7. The fourth-order valence-electron chi connectivity index (χ4n) is 3.74. The minimum Gasteiger partial charge on any atom is -0.487 e. The first-order chi connectivity index (χ1) is 16.7. The Morgan fingerprint density at radius 1 is 1.14 bits per heavy atom. The van der Waals surface area contributed by atoms with E-state index in [-0.39, 0.29) is 18.5 Å². The maximum absolute atomic E-state index is 12.8. The van der Waals surface area contributed by atoms with Crippen LogP contribution in [0.5, 0.6) is 5.75 Å². The number of alkyl halides is 3. The molecule has 1 atom stereocenters. The average molecular weight is 490 g/mol. The predicted octanol–water partition coefficient (Wildman–Crippen LogP) is 4.62.